The first-order valence-corrected chi connectivity index (χ1v) is 4.32. The molecule has 1 atom stereocenters. The summed E-state index contributed by atoms with van der Waals surface area (Å²) in [6, 6.07) is 9.26. The molecule has 0 spiro atoms. The molecule has 0 aliphatic carbocycles. The molecule has 1 aromatic carbocycles. The van der Waals surface area contributed by atoms with E-state index in [9.17, 15) is 0 Å². The van der Waals surface area contributed by atoms with Crippen LogP contribution in [0.3, 0.4) is 0 Å². The highest BCUT2D eigenvalue weighted by molar-refractivity contribution is 9.09. The monoisotopic (exact) mass is 229 g/mol. The van der Waals surface area contributed by atoms with Crippen LogP contribution >= 0.6 is 27.5 Å². The third kappa shape index (κ3) is 2.21. The molecule has 0 amide bonds. The summed E-state index contributed by atoms with van der Waals surface area (Å²) in [5.74, 6) is 0. The van der Waals surface area contributed by atoms with Gasteiger partial charge in [0.05, 0.1) is 6.07 Å². The van der Waals surface area contributed by atoms with E-state index >= 15 is 0 Å². The Balaban J connectivity index is 2.92. The van der Waals surface area contributed by atoms with Crippen molar-refractivity contribution >= 4 is 27.5 Å². The molecule has 0 aromatic heterocycles. The van der Waals surface area contributed by atoms with Gasteiger partial charge < -0.3 is 0 Å². The molecule has 11 heavy (non-hydrogen) atoms. The number of hydrogen-bond donors (Lipinski definition) is 0. The van der Waals surface area contributed by atoms with Gasteiger partial charge in [-0.15, -0.1) is 0 Å². The highest BCUT2D eigenvalue weighted by Gasteiger charge is 2.03. The molecule has 1 nitrogen and oxygen atoms in total. The van der Waals surface area contributed by atoms with Crippen LogP contribution in [0.1, 0.15) is 10.4 Å². The molecule has 0 unspecified atom stereocenters. The zero-order chi connectivity index (χ0) is 8.27. The normalized spacial score (nSPS) is 12.1. The molecular weight excluding hydrogens is 225 g/mol. The standard InChI is InChI=1S/C8H5BrClN/c9-8(5-11)6-1-3-7(10)4-2-6/h1-4,8H/t8-/m1/s1. The second-order valence-corrected chi connectivity index (χ2v) is 3.40. The Bertz CT molecular complexity index is 275. The fourth-order valence-electron chi connectivity index (χ4n) is 0.706. The second kappa shape index (κ2) is 3.75. The van der Waals surface area contributed by atoms with Gasteiger partial charge in [-0.25, -0.2) is 0 Å². The zero-order valence-electron chi connectivity index (χ0n) is 5.59. The second-order valence-electron chi connectivity index (χ2n) is 2.04. The molecule has 0 bridgehead atoms. The van der Waals surface area contributed by atoms with E-state index in [1.807, 2.05) is 12.1 Å². The molecule has 0 aliphatic rings. The lowest BCUT2D eigenvalue weighted by atomic mass is 10.2. The molecule has 0 fully saturated rings. The first-order chi connectivity index (χ1) is 5.24. The van der Waals surface area contributed by atoms with E-state index in [-0.39, 0.29) is 4.83 Å². The minimum atomic E-state index is -0.236. The van der Waals surface area contributed by atoms with Gasteiger partial charge in [-0.2, -0.15) is 5.26 Å². The summed E-state index contributed by atoms with van der Waals surface area (Å²) in [6.07, 6.45) is 0. The van der Waals surface area contributed by atoms with E-state index in [1.165, 1.54) is 0 Å². The number of hydrogen-bond acceptors (Lipinski definition) is 1. The Kier molecular flexibility index (Phi) is 2.92. The predicted molar refractivity (Wildman–Crippen MR) is 48.7 cm³/mol. The van der Waals surface area contributed by atoms with Gasteiger partial charge in [0.1, 0.15) is 4.83 Å². The van der Waals surface area contributed by atoms with Gasteiger partial charge in [-0.1, -0.05) is 39.7 Å². The van der Waals surface area contributed by atoms with E-state index in [1.54, 1.807) is 12.1 Å². The van der Waals surface area contributed by atoms with E-state index in [2.05, 4.69) is 22.0 Å². The largest absolute Gasteiger partial charge is 0.197 e. The lowest BCUT2D eigenvalue weighted by Crippen LogP contribution is -1.83. The minimum absolute atomic E-state index is 0.236. The number of rotatable bonds is 1. The molecule has 0 radical (unpaired) electrons. The maximum atomic E-state index is 8.53. The van der Waals surface area contributed by atoms with Crippen LogP contribution in [-0.2, 0) is 0 Å². The van der Waals surface area contributed by atoms with Crippen LogP contribution in [0.2, 0.25) is 5.02 Å². The van der Waals surface area contributed by atoms with Crippen LogP contribution < -0.4 is 0 Å². The molecule has 0 heterocycles. The van der Waals surface area contributed by atoms with Crippen molar-refractivity contribution in [1.29, 1.82) is 5.26 Å². The Morgan fingerprint density at radius 3 is 2.36 bits per heavy atom. The van der Waals surface area contributed by atoms with Crippen molar-refractivity contribution in [2.24, 2.45) is 0 Å². The molecule has 1 rings (SSSR count). The van der Waals surface area contributed by atoms with Gasteiger partial charge in [0.15, 0.2) is 0 Å². The molecule has 1 aromatic rings. The van der Waals surface area contributed by atoms with Crippen LogP contribution in [0.5, 0.6) is 0 Å². The molecule has 0 N–H and O–H groups in total. The highest BCUT2D eigenvalue weighted by atomic mass is 79.9. The van der Waals surface area contributed by atoms with Crippen LogP contribution in [0.25, 0.3) is 0 Å². The summed E-state index contributed by atoms with van der Waals surface area (Å²) in [4.78, 5) is -0.236. The summed E-state index contributed by atoms with van der Waals surface area (Å²) in [6.45, 7) is 0. The highest BCUT2D eigenvalue weighted by Crippen LogP contribution is 2.22. The predicted octanol–water partition coefficient (Wildman–Crippen LogP) is 3.30. The lowest BCUT2D eigenvalue weighted by Gasteiger charge is -1.99. The summed E-state index contributed by atoms with van der Waals surface area (Å²) in [5.41, 5.74) is 0.928. The van der Waals surface area contributed by atoms with Crippen molar-refractivity contribution in [2.75, 3.05) is 0 Å². The van der Waals surface area contributed by atoms with Gasteiger partial charge in [-0.05, 0) is 17.7 Å². The summed E-state index contributed by atoms with van der Waals surface area (Å²) < 4.78 is 0. The molecular formula is C8H5BrClN. The summed E-state index contributed by atoms with van der Waals surface area (Å²) >= 11 is 8.87. The van der Waals surface area contributed by atoms with Gasteiger partial charge in [0, 0.05) is 5.02 Å². The van der Waals surface area contributed by atoms with Crippen molar-refractivity contribution in [3.63, 3.8) is 0 Å². The van der Waals surface area contributed by atoms with E-state index < -0.39 is 0 Å². The van der Waals surface area contributed by atoms with Gasteiger partial charge in [0.25, 0.3) is 0 Å². The maximum absolute atomic E-state index is 8.53. The SMILES string of the molecule is N#C[C@@H](Br)c1ccc(Cl)cc1. The van der Waals surface area contributed by atoms with Crippen LogP contribution in [0, 0.1) is 11.3 Å². The Hall–Kier alpha value is -0.520. The van der Waals surface area contributed by atoms with Crippen molar-refractivity contribution in [3.8, 4) is 6.07 Å². The Morgan fingerprint density at radius 1 is 1.36 bits per heavy atom. The average Bonchev–Trinajstić information content (AvgIpc) is 2.05. The molecule has 56 valence electrons. The van der Waals surface area contributed by atoms with Crippen molar-refractivity contribution in [2.45, 2.75) is 4.83 Å². The average molecular weight is 230 g/mol. The molecule has 0 aliphatic heterocycles. The molecule has 0 saturated heterocycles. The summed E-state index contributed by atoms with van der Waals surface area (Å²) in [5, 5.41) is 9.21. The third-order valence-electron chi connectivity index (χ3n) is 1.28. The van der Waals surface area contributed by atoms with Crippen molar-refractivity contribution < 1.29 is 0 Å². The third-order valence-corrected chi connectivity index (χ3v) is 2.26. The fourth-order valence-corrected chi connectivity index (χ4v) is 1.14. The number of halogens is 2. The first-order valence-electron chi connectivity index (χ1n) is 3.03. The topological polar surface area (TPSA) is 23.8 Å². The number of alkyl halides is 1. The van der Waals surface area contributed by atoms with Crippen molar-refractivity contribution in [1.82, 2.24) is 0 Å². The van der Waals surface area contributed by atoms with Gasteiger partial charge in [0.2, 0.25) is 0 Å². The quantitative estimate of drug-likeness (QED) is 0.679. The smallest absolute Gasteiger partial charge is 0.126 e. The summed E-state index contributed by atoms with van der Waals surface area (Å²) in [7, 11) is 0. The van der Waals surface area contributed by atoms with Crippen LogP contribution in [0.15, 0.2) is 24.3 Å². The number of nitriles is 1. The van der Waals surface area contributed by atoms with E-state index in [4.69, 9.17) is 16.9 Å². The number of nitrogens with zero attached hydrogens (tertiary/aromatic N) is 1. The van der Waals surface area contributed by atoms with E-state index in [0.29, 0.717) is 5.02 Å². The number of benzene rings is 1. The van der Waals surface area contributed by atoms with Crippen LogP contribution in [0.4, 0.5) is 0 Å². The van der Waals surface area contributed by atoms with Crippen molar-refractivity contribution in [3.05, 3.63) is 34.9 Å². The zero-order valence-corrected chi connectivity index (χ0v) is 7.93. The molecule has 3 heteroatoms. The first kappa shape index (κ1) is 8.58. The van der Waals surface area contributed by atoms with Gasteiger partial charge >= 0.3 is 0 Å². The fraction of sp³-hybridized carbons (Fsp3) is 0.125. The van der Waals surface area contributed by atoms with Gasteiger partial charge in [-0.3, -0.25) is 0 Å². The molecule has 0 saturated carbocycles. The Morgan fingerprint density at radius 2 is 1.91 bits per heavy atom. The minimum Gasteiger partial charge on any atom is -0.197 e. The maximum Gasteiger partial charge on any atom is 0.126 e. The lowest BCUT2D eigenvalue weighted by molar-refractivity contribution is 1.25. The Labute approximate surface area is 78.7 Å². The van der Waals surface area contributed by atoms with Crippen LogP contribution in [-0.4, -0.2) is 0 Å². The van der Waals surface area contributed by atoms with E-state index in [0.717, 1.165) is 5.56 Å².